The summed E-state index contributed by atoms with van der Waals surface area (Å²) in [6.45, 7) is 5.95. The van der Waals surface area contributed by atoms with Crippen LogP contribution in [0.2, 0.25) is 0 Å². The standard InChI is InChI=1S/C19H31N7O2S/c20-17-23-19(24-18-5-8-21-9-6-18)22-7-3-1-2-4-16-29-25-28-15-12-26-10-13-27-14-11-26/h5-6,8-9,25H,1-4,7,10-16H2,(H2,21,22,23,24). The Bertz CT molecular complexity index is 606. The predicted octanol–water partition coefficient (Wildman–Crippen LogP) is 1.98. The Morgan fingerprint density at radius 2 is 2.03 bits per heavy atom. The number of nitriles is 1. The second-order valence-electron chi connectivity index (χ2n) is 6.48. The molecule has 1 fully saturated rings. The number of ether oxygens (including phenoxy) is 1. The molecular weight excluding hydrogens is 390 g/mol. The molecule has 0 amide bonds. The number of guanidine groups is 1. The summed E-state index contributed by atoms with van der Waals surface area (Å²) < 4.78 is 5.32. The van der Waals surface area contributed by atoms with Crippen LogP contribution in [0.4, 0.5) is 5.69 Å². The van der Waals surface area contributed by atoms with Crippen LogP contribution in [0.5, 0.6) is 0 Å². The smallest absolute Gasteiger partial charge is 0.209 e. The summed E-state index contributed by atoms with van der Waals surface area (Å²) in [6, 6.07) is 3.65. The summed E-state index contributed by atoms with van der Waals surface area (Å²) in [7, 11) is 0. The molecule has 1 aromatic rings. The topological polar surface area (TPSA) is 107 Å². The fourth-order valence-corrected chi connectivity index (χ4v) is 3.29. The van der Waals surface area contributed by atoms with Gasteiger partial charge in [0, 0.05) is 50.0 Å². The average Bonchev–Trinajstić information content (AvgIpc) is 2.76. The number of rotatable bonds is 13. The molecule has 0 aromatic carbocycles. The van der Waals surface area contributed by atoms with E-state index in [0.717, 1.165) is 70.0 Å². The van der Waals surface area contributed by atoms with Gasteiger partial charge in [0.2, 0.25) is 5.96 Å². The van der Waals surface area contributed by atoms with Crippen LogP contribution < -0.4 is 15.5 Å². The van der Waals surface area contributed by atoms with Crippen molar-refractivity contribution in [3.05, 3.63) is 24.5 Å². The number of aliphatic imine (C=N–C) groups is 1. The Hall–Kier alpha value is -1.90. The van der Waals surface area contributed by atoms with Gasteiger partial charge in [-0.25, -0.2) is 0 Å². The van der Waals surface area contributed by atoms with Crippen molar-refractivity contribution in [3.63, 3.8) is 0 Å². The van der Waals surface area contributed by atoms with Crippen molar-refractivity contribution in [1.82, 2.24) is 20.1 Å². The van der Waals surface area contributed by atoms with Crippen LogP contribution in [0.25, 0.3) is 0 Å². The predicted molar refractivity (Wildman–Crippen MR) is 116 cm³/mol. The molecule has 29 heavy (non-hydrogen) atoms. The van der Waals surface area contributed by atoms with Gasteiger partial charge in [0.05, 0.1) is 19.8 Å². The number of nitrogens with one attached hydrogen (secondary N) is 3. The molecule has 0 atom stereocenters. The van der Waals surface area contributed by atoms with Crippen LogP contribution in [0.15, 0.2) is 29.5 Å². The first-order valence-electron chi connectivity index (χ1n) is 10.0. The van der Waals surface area contributed by atoms with E-state index in [1.54, 1.807) is 24.3 Å². The lowest BCUT2D eigenvalue weighted by atomic mass is 10.2. The second kappa shape index (κ2) is 16.0. The molecule has 1 saturated heterocycles. The molecule has 1 aliphatic rings. The molecule has 0 spiro atoms. The first-order valence-corrected chi connectivity index (χ1v) is 11.0. The third-order valence-corrected chi connectivity index (χ3v) is 5.00. The Morgan fingerprint density at radius 3 is 2.83 bits per heavy atom. The highest BCUT2D eigenvalue weighted by Gasteiger charge is 2.09. The van der Waals surface area contributed by atoms with E-state index in [4.69, 9.17) is 14.8 Å². The van der Waals surface area contributed by atoms with Gasteiger partial charge in [-0.15, -0.1) is 4.89 Å². The molecule has 3 N–H and O–H groups in total. The normalized spacial score (nSPS) is 15.1. The minimum atomic E-state index is 0.465. The van der Waals surface area contributed by atoms with E-state index in [9.17, 15) is 0 Å². The van der Waals surface area contributed by atoms with Crippen molar-refractivity contribution in [3.8, 4) is 6.19 Å². The maximum absolute atomic E-state index is 8.84. The summed E-state index contributed by atoms with van der Waals surface area (Å²) in [5.41, 5.74) is 0.846. The van der Waals surface area contributed by atoms with Crippen molar-refractivity contribution in [2.24, 2.45) is 4.99 Å². The zero-order valence-electron chi connectivity index (χ0n) is 16.8. The Balaban J connectivity index is 1.41. The maximum atomic E-state index is 8.84. The van der Waals surface area contributed by atoms with Gasteiger partial charge in [0.1, 0.15) is 0 Å². The van der Waals surface area contributed by atoms with Gasteiger partial charge in [-0.2, -0.15) is 5.26 Å². The van der Waals surface area contributed by atoms with E-state index < -0.39 is 0 Å². The second-order valence-corrected chi connectivity index (χ2v) is 7.34. The summed E-state index contributed by atoms with van der Waals surface area (Å²) in [4.78, 5) is 19.1. The molecular formula is C19H31N7O2S. The average molecular weight is 422 g/mol. The van der Waals surface area contributed by atoms with Crippen molar-refractivity contribution in [1.29, 1.82) is 5.26 Å². The highest BCUT2D eigenvalue weighted by molar-refractivity contribution is 7.97. The highest BCUT2D eigenvalue weighted by Crippen LogP contribution is 2.06. The first kappa shape index (κ1) is 23.4. The lowest BCUT2D eigenvalue weighted by molar-refractivity contribution is 0.0140. The third kappa shape index (κ3) is 11.6. The number of aromatic nitrogens is 1. The maximum Gasteiger partial charge on any atom is 0.209 e. The van der Waals surface area contributed by atoms with E-state index >= 15 is 0 Å². The zero-order valence-corrected chi connectivity index (χ0v) is 17.6. The van der Waals surface area contributed by atoms with Crippen molar-refractivity contribution in [2.75, 3.05) is 57.1 Å². The zero-order chi connectivity index (χ0) is 20.4. The van der Waals surface area contributed by atoms with Crippen LogP contribution in [0.3, 0.4) is 0 Å². The number of morpholine rings is 1. The molecule has 0 unspecified atom stereocenters. The van der Waals surface area contributed by atoms with Crippen LogP contribution in [0, 0.1) is 11.5 Å². The van der Waals surface area contributed by atoms with Gasteiger partial charge in [0.15, 0.2) is 6.19 Å². The number of anilines is 1. The van der Waals surface area contributed by atoms with E-state index in [2.05, 4.69) is 30.4 Å². The van der Waals surface area contributed by atoms with E-state index in [-0.39, 0.29) is 0 Å². The Morgan fingerprint density at radius 1 is 1.24 bits per heavy atom. The summed E-state index contributed by atoms with van der Waals surface area (Å²) in [6.07, 6.45) is 9.66. The van der Waals surface area contributed by atoms with Gasteiger partial charge in [-0.05, 0) is 25.0 Å². The minimum absolute atomic E-state index is 0.465. The number of hydrogen-bond acceptors (Lipinski definition) is 8. The van der Waals surface area contributed by atoms with Gasteiger partial charge < -0.3 is 10.1 Å². The molecule has 1 aromatic heterocycles. The minimum Gasteiger partial charge on any atom is -0.379 e. The summed E-state index contributed by atoms with van der Waals surface area (Å²) in [5.74, 6) is 1.48. The van der Waals surface area contributed by atoms with Crippen LogP contribution in [-0.2, 0) is 9.57 Å². The molecule has 9 nitrogen and oxygen atoms in total. The van der Waals surface area contributed by atoms with Crippen LogP contribution in [0.1, 0.15) is 25.7 Å². The van der Waals surface area contributed by atoms with E-state index in [0.29, 0.717) is 19.1 Å². The van der Waals surface area contributed by atoms with Gasteiger partial charge in [-0.3, -0.25) is 25.0 Å². The fourth-order valence-electron chi connectivity index (χ4n) is 2.69. The van der Waals surface area contributed by atoms with E-state index in [1.807, 2.05) is 18.3 Å². The van der Waals surface area contributed by atoms with Crippen molar-refractivity contribution in [2.45, 2.75) is 25.7 Å². The lowest BCUT2D eigenvalue weighted by Gasteiger charge is -2.26. The number of pyridine rings is 1. The number of nitrogens with zero attached hydrogens (tertiary/aromatic N) is 4. The molecule has 0 radical (unpaired) electrons. The molecule has 2 heterocycles. The molecule has 10 heteroatoms. The van der Waals surface area contributed by atoms with Crippen molar-refractivity contribution < 1.29 is 9.57 Å². The first-order chi connectivity index (χ1) is 14.4. The third-order valence-electron chi connectivity index (χ3n) is 4.27. The largest absolute Gasteiger partial charge is 0.379 e. The number of hydrogen-bond donors (Lipinski definition) is 3. The quantitative estimate of drug-likeness (QED) is 0.0838. The van der Waals surface area contributed by atoms with Crippen LogP contribution >= 0.6 is 11.9 Å². The molecule has 160 valence electrons. The van der Waals surface area contributed by atoms with Gasteiger partial charge in [0.25, 0.3) is 0 Å². The SMILES string of the molecule is N#CNC(=NCCCCCCSNOCCN1CCOCC1)Nc1ccncc1. The molecule has 0 bridgehead atoms. The van der Waals surface area contributed by atoms with Crippen LogP contribution in [-0.4, -0.2) is 67.6 Å². The highest BCUT2D eigenvalue weighted by atomic mass is 32.2. The molecule has 0 aliphatic carbocycles. The Labute approximate surface area is 177 Å². The molecule has 2 rings (SSSR count). The molecule has 0 saturated carbocycles. The summed E-state index contributed by atoms with van der Waals surface area (Å²) in [5, 5.41) is 14.5. The monoisotopic (exact) mass is 421 g/mol. The summed E-state index contributed by atoms with van der Waals surface area (Å²) >= 11 is 1.61. The van der Waals surface area contributed by atoms with Crippen molar-refractivity contribution >= 4 is 23.6 Å². The van der Waals surface area contributed by atoms with Gasteiger partial charge >= 0.3 is 0 Å². The fraction of sp³-hybridized carbons (Fsp3) is 0.632. The van der Waals surface area contributed by atoms with Gasteiger partial charge in [-0.1, -0.05) is 24.8 Å². The Kier molecular flexibility index (Phi) is 12.9. The number of unbranched alkanes of at least 4 members (excludes halogenated alkanes) is 3. The lowest BCUT2D eigenvalue weighted by Crippen LogP contribution is -2.38. The molecule has 1 aliphatic heterocycles. The van der Waals surface area contributed by atoms with E-state index in [1.165, 1.54) is 0 Å².